The molecule has 1 aromatic carbocycles. The molecule has 0 radical (unpaired) electrons. The molecule has 2 heterocycles. The van der Waals surface area contributed by atoms with Crippen LogP contribution in [-0.2, 0) is 22.7 Å². The van der Waals surface area contributed by atoms with Crippen molar-refractivity contribution in [1.82, 2.24) is 20.1 Å². The van der Waals surface area contributed by atoms with Crippen LogP contribution in [0.5, 0.6) is 0 Å². The first kappa shape index (κ1) is 18.1. The lowest BCUT2D eigenvalue weighted by Gasteiger charge is -2.34. The van der Waals surface area contributed by atoms with Gasteiger partial charge in [-0.1, -0.05) is 36.4 Å². The van der Waals surface area contributed by atoms with Crippen molar-refractivity contribution in [3.63, 3.8) is 0 Å². The van der Waals surface area contributed by atoms with Crippen molar-refractivity contribution in [3.8, 4) is 0 Å². The van der Waals surface area contributed by atoms with Gasteiger partial charge in [-0.05, 0) is 17.2 Å². The molecule has 0 spiro atoms. The largest absolute Gasteiger partial charge is 0.352 e. The van der Waals surface area contributed by atoms with E-state index in [1.54, 1.807) is 17.3 Å². The van der Waals surface area contributed by atoms with Crippen LogP contribution in [0.2, 0.25) is 0 Å². The molecule has 0 saturated carbocycles. The van der Waals surface area contributed by atoms with Crippen molar-refractivity contribution >= 4 is 11.8 Å². The molecule has 1 N–H and O–H groups in total. The Balaban J connectivity index is 1.38. The molecule has 1 fully saturated rings. The Kier molecular flexibility index (Phi) is 6.33. The number of piperazine rings is 1. The molecule has 3 rings (SSSR count). The highest BCUT2D eigenvalue weighted by Crippen LogP contribution is 2.09. The third kappa shape index (κ3) is 5.39. The van der Waals surface area contributed by atoms with Crippen LogP contribution in [-0.4, -0.2) is 52.8 Å². The molecule has 136 valence electrons. The Morgan fingerprint density at radius 2 is 1.69 bits per heavy atom. The maximum Gasteiger partial charge on any atom is 0.232 e. The smallest absolute Gasteiger partial charge is 0.232 e. The van der Waals surface area contributed by atoms with Crippen LogP contribution in [0.25, 0.3) is 0 Å². The highest BCUT2D eigenvalue weighted by atomic mass is 16.2. The average molecular weight is 352 g/mol. The minimum Gasteiger partial charge on any atom is -0.352 e. The van der Waals surface area contributed by atoms with E-state index in [0.29, 0.717) is 19.6 Å². The third-order valence-corrected chi connectivity index (χ3v) is 4.50. The van der Waals surface area contributed by atoms with Crippen LogP contribution in [0, 0.1) is 0 Å². The summed E-state index contributed by atoms with van der Waals surface area (Å²) in [4.78, 5) is 32.4. The highest BCUT2D eigenvalue weighted by Gasteiger charge is 2.22. The number of hydrogen-bond acceptors (Lipinski definition) is 4. The zero-order valence-electron chi connectivity index (χ0n) is 14.8. The van der Waals surface area contributed by atoms with Crippen molar-refractivity contribution in [3.05, 3.63) is 66.0 Å². The second kappa shape index (κ2) is 9.10. The molecule has 1 aliphatic rings. The zero-order valence-corrected chi connectivity index (χ0v) is 14.8. The van der Waals surface area contributed by atoms with E-state index in [9.17, 15) is 9.59 Å². The molecule has 1 aromatic heterocycles. The maximum atomic E-state index is 12.3. The van der Waals surface area contributed by atoms with Gasteiger partial charge in [-0.25, -0.2) is 0 Å². The van der Waals surface area contributed by atoms with Crippen molar-refractivity contribution in [2.24, 2.45) is 0 Å². The van der Waals surface area contributed by atoms with Crippen LogP contribution >= 0.6 is 0 Å². The quantitative estimate of drug-likeness (QED) is 0.799. The molecule has 6 nitrogen and oxygen atoms in total. The number of carbonyl (C=O) groups is 2. The monoisotopic (exact) mass is 352 g/mol. The fourth-order valence-electron chi connectivity index (χ4n) is 3.01. The average Bonchev–Trinajstić information content (AvgIpc) is 2.68. The van der Waals surface area contributed by atoms with E-state index < -0.39 is 0 Å². The fraction of sp³-hybridized carbons (Fsp3) is 0.350. The summed E-state index contributed by atoms with van der Waals surface area (Å²) in [6.45, 7) is 4.29. The van der Waals surface area contributed by atoms with Crippen LogP contribution in [0.4, 0.5) is 0 Å². The molecule has 6 heteroatoms. The number of hydrogen-bond donors (Lipinski definition) is 1. The number of rotatable bonds is 6. The van der Waals surface area contributed by atoms with Crippen LogP contribution in [0.3, 0.4) is 0 Å². The van der Waals surface area contributed by atoms with Crippen LogP contribution < -0.4 is 5.32 Å². The lowest BCUT2D eigenvalue weighted by Crippen LogP contribution is -2.49. The van der Waals surface area contributed by atoms with Gasteiger partial charge in [0.05, 0.1) is 0 Å². The van der Waals surface area contributed by atoms with Gasteiger partial charge >= 0.3 is 0 Å². The number of carbonyl (C=O) groups excluding carboxylic acids is 2. The number of pyridine rings is 1. The van der Waals surface area contributed by atoms with Crippen molar-refractivity contribution in [2.45, 2.75) is 19.5 Å². The number of amides is 2. The van der Waals surface area contributed by atoms with E-state index in [2.05, 4.69) is 27.3 Å². The Bertz CT molecular complexity index is 713. The predicted octanol–water partition coefficient (Wildman–Crippen LogP) is 1.43. The lowest BCUT2D eigenvalue weighted by molar-refractivity contribution is -0.137. The summed E-state index contributed by atoms with van der Waals surface area (Å²) < 4.78 is 0. The second-order valence-electron chi connectivity index (χ2n) is 6.46. The topological polar surface area (TPSA) is 65.5 Å². The lowest BCUT2D eigenvalue weighted by atomic mass is 10.2. The Morgan fingerprint density at radius 1 is 0.962 bits per heavy atom. The van der Waals surface area contributed by atoms with E-state index in [1.165, 1.54) is 5.56 Å². The van der Waals surface area contributed by atoms with Gasteiger partial charge in [0.2, 0.25) is 11.8 Å². The Labute approximate surface area is 153 Å². The van der Waals surface area contributed by atoms with Crippen LogP contribution in [0.15, 0.2) is 54.9 Å². The fourth-order valence-corrected chi connectivity index (χ4v) is 3.01. The molecule has 1 aliphatic heterocycles. The summed E-state index contributed by atoms with van der Waals surface area (Å²) in [5.41, 5.74) is 2.20. The zero-order chi connectivity index (χ0) is 18.2. The number of nitrogens with zero attached hydrogens (tertiary/aromatic N) is 3. The summed E-state index contributed by atoms with van der Waals surface area (Å²) in [5.74, 6) is -0.349. The van der Waals surface area contributed by atoms with Gasteiger partial charge in [-0.15, -0.1) is 0 Å². The van der Waals surface area contributed by atoms with E-state index in [-0.39, 0.29) is 18.2 Å². The van der Waals surface area contributed by atoms with E-state index in [1.807, 2.05) is 30.3 Å². The van der Waals surface area contributed by atoms with Gasteiger partial charge in [0.1, 0.15) is 6.42 Å². The number of benzene rings is 1. The first-order chi connectivity index (χ1) is 12.7. The van der Waals surface area contributed by atoms with Gasteiger partial charge in [-0.2, -0.15) is 0 Å². The molecular formula is C20H24N4O2. The van der Waals surface area contributed by atoms with Gasteiger partial charge in [0.15, 0.2) is 0 Å². The van der Waals surface area contributed by atoms with Gasteiger partial charge in [0, 0.05) is 51.7 Å². The van der Waals surface area contributed by atoms with Crippen molar-refractivity contribution in [1.29, 1.82) is 0 Å². The molecule has 2 aromatic rings. The molecule has 26 heavy (non-hydrogen) atoms. The maximum absolute atomic E-state index is 12.3. The normalized spacial score (nSPS) is 14.8. The standard InChI is InChI=1S/C20H24N4O2/c25-19(22-15-18-7-4-8-21-14-18)13-20(26)24-11-9-23(10-12-24)16-17-5-2-1-3-6-17/h1-8,14H,9-13,15-16H2,(H,22,25). The summed E-state index contributed by atoms with van der Waals surface area (Å²) in [7, 11) is 0. The summed E-state index contributed by atoms with van der Waals surface area (Å²) in [5, 5.41) is 2.77. The second-order valence-corrected chi connectivity index (χ2v) is 6.46. The van der Waals surface area contributed by atoms with E-state index in [0.717, 1.165) is 25.2 Å². The molecule has 0 bridgehead atoms. The van der Waals surface area contributed by atoms with Crippen molar-refractivity contribution < 1.29 is 9.59 Å². The SMILES string of the molecule is O=C(CC(=O)N1CCN(Cc2ccccc2)CC1)NCc1cccnc1. The predicted molar refractivity (Wildman–Crippen MR) is 99.0 cm³/mol. The van der Waals surface area contributed by atoms with Crippen LogP contribution in [0.1, 0.15) is 17.5 Å². The molecule has 1 saturated heterocycles. The Hall–Kier alpha value is -2.73. The van der Waals surface area contributed by atoms with E-state index in [4.69, 9.17) is 0 Å². The van der Waals surface area contributed by atoms with Crippen molar-refractivity contribution in [2.75, 3.05) is 26.2 Å². The molecule has 2 amide bonds. The first-order valence-electron chi connectivity index (χ1n) is 8.90. The van der Waals surface area contributed by atoms with Gasteiger partial charge in [0.25, 0.3) is 0 Å². The summed E-state index contributed by atoms with van der Waals surface area (Å²) in [6, 6.07) is 14.0. The van der Waals surface area contributed by atoms with E-state index >= 15 is 0 Å². The first-order valence-corrected chi connectivity index (χ1v) is 8.90. The molecule has 0 aliphatic carbocycles. The Morgan fingerprint density at radius 3 is 2.38 bits per heavy atom. The number of aromatic nitrogens is 1. The molecular weight excluding hydrogens is 328 g/mol. The minimum absolute atomic E-state index is 0.0983. The molecule has 0 unspecified atom stereocenters. The summed E-state index contributed by atoms with van der Waals surface area (Å²) >= 11 is 0. The van der Waals surface area contributed by atoms with Gasteiger partial charge < -0.3 is 10.2 Å². The molecule has 0 atom stereocenters. The van der Waals surface area contributed by atoms with Gasteiger partial charge in [-0.3, -0.25) is 19.5 Å². The minimum atomic E-state index is -0.245. The highest BCUT2D eigenvalue weighted by molar-refractivity contribution is 5.96. The summed E-state index contributed by atoms with van der Waals surface area (Å²) in [6.07, 6.45) is 3.29. The number of nitrogens with one attached hydrogen (secondary N) is 1. The third-order valence-electron chi connectivity index (χ3n) is 4.50.